The molecule has 0 unspecified atom stereocenters. The highest BCUT2D eigenvalue weighted by molar-refractivity contribution is 7.16. The Balaban J connectivity index is 1.33. The zero-order chi connectivity index (χ0) is 19.3. The van der Waals surface area contributed by atoms with Crippen molar-refractivity contribution in [2.24, 2.45) is 0 Å². The number of thiazole rings is 2. The molecular formula is C20H20N4O2S2. The van der Waals surface area contributed by atoms with Gasteiger partial charge in [0.05, 0.1) is 17.8 Å². The summed E-state index contributed by atoms with van der Waals surface area (Å²) >= 11 is 2.89. The van der Waals surface area contributed by atoms with Crippen LogP contribution >= 0.6 is 22.7 Å². The van der Waals surface area contributed by atoms with Crippen molar-refractivity contribution in [1.82, 2.24) is 9.97 Å². The highest BCUT2D eigenvalue weighted by Crippen LogP contribution is 2.29. The molecule has 3 aromatic rings. The van der Waals surface area contributed by atoms with Crippen LogP contribution in [0.5, 0.6) is 0 Å². The first kappa shape index (κ1) is 18.8. The fourth-order valence-corrected chi connectivity index (χ4v) is 4.89. The molecule has 1 aliphatic rings. The molecule has 2 aromatic heterocycles. The molecule has 2 N–H and O–H groups in total. The number of nitrogens with zero attached hydrogens (tertiary/aromatic N) is 2. The van der Waals surface area contributed by atoms with E-state index >= 15 is 0 Å². The third kappa shape index (κ3) is 4.63. The lowest BCUT2D eigenvalue weighted by atomic mass is 10.2. The molecule has 8 heteroatoms. The molecule has 0 radical (unpaired) electrons. The van der Waals surface area contributed by atoms with Crippen molar-refractivity contribution in [2.75, 3.05) is 10.6 Å². The third-order valence-electron chi connectivity index (χ3n) is 4.49. The third-order valence-corrected chi connectivity index (χ3v) is 6.37. The first-order chi connectivity index (χ1) is 13.7. The summed E-state index contributed by atoms with van der Waals surface area (Å²) in [7, 11) is 0. The number of amides is 2. The van der Waals surface area contributed by atoms with Crippen molar-refractivity contribution in [3.63, 3.8) is 0 Å². The van der Waals surface area contributed by atoms with Crippen LogP contribution in [0.3, 0.4) is 0 Å². The quantitative estimate of drug-likeness (QED) is 0.612. The van der Waals surface area contributed by atoms with Gasteiger partial charge in [-0.05, 0) is 37.8 Å². The van der Waals surface area contributed by atoms with E-state index in [2.05, 4.69) is 20.6 Å². The summed E-state index contributed by atoms with van der Waals surface area (Å²) in [5.41, 5.74) is 2.34. The molecule has 4 rings (SSSR count). The summed E-state index contributed by atoms with van der Waals surface area (Å²) in [6, 6.07) is 8.96. The standard InChI is InChI=1S/C20H20N4O2S2/c25-17(23-20-22-15-9-5-2-6-10-16(15)28-20)11-14-12-27-19(21-14)24-18(26)13-7-3-1-4-8-13/h1,3-4,7-8,12H,2,5-6,9-11H2,(H,21,24,26)(H,22,23,25). The van der Waals surface area contributed by atoms with E-state index in [1.54, 1.807) is 28.8 Å². The molecule has 0 atom stereocenters. The lowest BCUT2D eigenvalue weighted by Gasteiger charge is -2.01. The van der Waals surface area contributed by atoms with Gasteiger partial charge >= 0.3 is 0 Å². The highest BCUT2D eigenvalue weighted by atomic mass is 32.1. The fraction of sp³-hybridized carbons (Fsp3) is 0.300. The molecule has 144 valence electrons. The largest absolute Gasteiger partial charge is 0.302 e. The van der Waals surface area contributed by atoms with E-state index in [0.29, 0.717) is 21.5 Å². The van der Waals surface area contributed by atoms with E-state index in [4.69, 9.17) is 0 Å². The SMILES string of the molecule is O=C(Cc1csc(NC(=O)c2ccccc2)n1)Nc1nc2c(s1)CCCCC2. The summed E-state index contributed by atoms with van der Waals surface area (Å²) in [5, 5.41) is 8.60. The van der Waals surface area contributed by atoms with Gasteiger partial charge in [0.15, 0.2) is 10.3 Å². The normalized spacial score (nSPS) is 13.4. The maximum atomic E-state index is 12.3. The Morgan fingerprint density at radius 1 is 0.964 bits per heavy atom. The average Bonchev–Trinajstić information content (AvgIpc) is 3.22. The van der Waals surface area contributed by atoms with Crippen molar-refractivity contribution in [3.05, 3.63) is 57.5 Å². The minimum absolute atomic E-state index is 0.143. The Kier molecular flexibility index (Phi) is 5.78. The maximum absolute atomic E-state index is 12.3. The first-order valence-electron chi connectivity index (χ1n) is 9.26. The van der Waals surface area contributed by atoms with Crippen LogP contribution in [0.2, 0.25) is 0 Å². The van der Waals surface area contributed by atoms with Crippen LogP contribution in [0.25, 0.3) is 0 Å². The Morgan fingerprint density at radius 2 is 1.79 bits per heavy atom. The van der Waals surface area contributed by atoms with Crippen LogP contribution in [0, 0.1) is 0 Å². The van der Waals surface area contributed by atoms with Gasteiger partial charge in [0.1, 0.15) is 0 Å². The maximum Gasteiger partial charge on any atom is 0.257 e. The molecular weight excluding hydrogens is 392 g/mol. The molecule has 0 spiro atoms. The van der Waals surface area contributed by atoms with Crippen LogP contribution in [0.15, 0.2) is 35.7 Å². The molecule has 2 amide bonds. The number of anilines is 2. The lowest BCUT2D eigenvalue weighted by molar-refractivity contribution is -0.115. The molecule has 0 bridgehead atoms. The number of carbonyl (C=O) groups is 2. The Bertz CT molecular complexity index is 958. The minimum Gasteiger partial charge on any atom is -0.302 e. The summed E-state index contributed by atoms with van der Waals surface area (Å²) in [4.78, 5) is 34.7. The minimum atomic E-state index is -0.213. The molecule has 6 nitrogen and oxygen atoms in total. The molecule has 0 aliphatic heterocycles. The van der Waals surface area contributed by atoms with Crippen LogP contribution in [0.4, 0.5) is 10.3 Å². The van der Waals surface area contributed by atoms with Crippen molar-refractivity contribution in [2.45, 2.75) is 38.5 Å². The summed E-state index contributed by atoms with van der Waals surface area (Å²) < 4.78 is 0. The number of aromatic nitrogens is 2. The second-order valence-electron chi connectivity index (χ2n) is 6.64. The van der Waals surface area contributed by atoms with E-state index in [9.17, 15) is 9.59 Å². The van der Waals surface area contributed by atoms with Crippen molar-refractivity contribution in [1.29, 1.82) is 0 Å². The molecule has 28 heavy (non-hydrogen) atoms. The molecule has 1 aliphatic carbocycles. The van der Waals surface area contributed by atoms with Crippen LogP contribution in [0.1, 0.15) is 45.9 Å². The number of carbonyl (C=O) groups excluding carboxylic acids is 2. The number of nitrogens with one attached hydrogen (secondary N) is 2. The van der Waals surface area contributed by atoms with E-state index in [1.165, 1.54) is 35.5 Å². The molecule has 0 fully saturated rings. The summed E-state index contributed by atoms with van der Waals surface area (Å²) in [6.07, 6.45) is 5.82. The van der Waals surface area contributed by atoms with E-state index in [1.807, 2.05) is 18.2 Å². The molecule has 0 saturated carbocycles. The predicted molar refractivity (Wildman–Crippen MR) is 112 cm³/mol. The molecule has 0 saturated heterocycles. The average molecular weight is 413 g/mol. The topological polar surface area (TPSA) is 84.0 Å². The van der Waals surface area contributed by atoms with Gasteiger partial charge in [0, 0.05) is 15.8 Å². The number of aryl methyl sites for hydroxylation is 2. The van der Waals surface area contributed by atoms with E-state index in [-0.39, 0.29) is 18.2 Å². The first-order valence-corrected chi connectivity index (χ1v) is 11.0. The number of benzene rings is 1. The van der Waals surface area contributed by atoms with Gasteiger partial charge in [-0.15, -0.1) is 22.7 Å². The van der Waals surface area contributed by atoms with Gasteiger partial charge in [-0.25, -0.2) is 9.97 Å². The number of hydrogen-bond acceptors (Lipinski definition) is 6. The Labute approximate surface area is 171 Å². The van der Waals surface area contributed by atoms with Crippen LogP contribution < -0.4 is 10.6 Å². The molecule has 1 aromatic carbocycles. The van der Waals surface area contributed by atoms with Gasteiger partial charge in [0.2, 0.25) is 5.91 Å². The smallest absolute Gasteiger partial charge is 0.257 e. The van der Waals surface area contributed by atoms with Crippen LogP contribution in [-0.2, 0) is 24.1 Å². The monoisotopic (exact) mass is 412 g/mol. The lowest BCUT2D eigenvalue weighted by Crippen LogP contribution is -2.15. The number of fused-ring (bicyclic) bond motifs is 1. The summed E-state index contributed by atoms with van der Waals surface area (Å²) in [6.45, 7) is 0. The zero-order valence-corrected chi connectivity index (χ0v) is 16.9. The van der Waals surface area contributed by atoms with Gasteiger partial charge in [-0.1, -0.05) is 24.6 Å². The van der Waals surface area contributed by atoms with Crippen LogP contribution in [-0.4, -0.2) is 21.8 Å². The number of hydrogen-bond donors (Lipinski definition) is 2. The predicted octanol–water partition coefficient (Wildman–Crippen LogP) is 4.30. The van der Waals surface area contributed by atoms with E-state index in [0.717, 1.165) is 18.5 Å². The highest BCUT2D eigenvalue weighted by Gasteiger charge is 2.16. The van der Waals surface area contributed by atoms with Gasteiger partial charge < -0.3 is 5.32 Å². The van der Waals surface area contributed by atoms with Gasteiger partial charge in [-0.3, -0.25) is 14.9 Å². The van der Waals surface area contributed by atoms with Gasteiger partial charge in [-0.2, -0.15) is 0 Å². The second-order valence-corrected chi connectivity index (χ2v) is 8.58. The van der Waals surface area contributed by atoms with Gasteiger partial charge in [0.25, 0.3) is 5.91 Å². The van der Waals surface area contributed by atoms with Crippen molar-refractivity contribution < 1.29 is 9.59 Å². The van der Waals surface area contributed by atoms with Crippen molar-refractivity contribution in [3.8, 4) is 0 Å². The fourth-order valence-electron chi connectivity index (χ4n) is 3.11. The Hall–Kier alpha value is -2.58. The zero-order valence-electron chi connectivity index (χ0n) is 15.2. The number of rotatable bonds is 5. The Morgan fingerprint density at radius 3 is 2.64 bits per heavy atom. The van der Waals surface area contributed by atoms with Crippen molar-refractivity contribution >= 4 is 44.8 Å². The summed E-state index contributed by atoms with van der Waals surface area (Å²) in [5.74, 6) is -0.356. The van der Waals surface area contributed by atoms with E-state index < -0.39 is 0 Å². The molecule has 2 heterocycles. The second kappa shape index (κ2) is 8.62.